The molecule has 0 radical (unpaired) electrons. The lowest BCUT2D eigenvalue weighted by molar-refractivity contribution is -0.254. The van der Waals surface area contributed by atoms with Crippen molar-refractivity contribution >= 4 is 11.4 Å². The molecule has 13 heavy (non-hydrogen) atoms. The average molecular weight is 182 g/mol. The topological polar surface area (TPSA) is 104 Å². The van der Waals surface area contributed by atoms with Crippen molar-refractivity contribution in [2.45, 2.75) is 0 Å². The molecule has 0 amide bonds. The lowest BCUT2D eigenvalue weighted by Crippen LogP contribution is -2.40. The van der Waals surface area contributed by atoms with Gasteiger partial charge < -0.3 is 10.5 Å². The van der Waals surface area contributed by atoms with Crippen molar-refractivity contribution in [3.8, 4) is 12.0 Å². The van der Waals surface area contributed by atoms with Crippen molar-refractivity contribution < 1.29 is 20.9 Å². The Labute approximate surface area is 73.9 Å². The molecule has 1 rings (SSSR count). The maximum atomic E-state index is 8.73. The molecule has 5 N–H and O–H groups in total. The minimum absolute atomic E-state index is 0.0333. The molecule has 0 aliphatic heterocycles. The van der Waals surface area contributed by atoms with Crippen LogP contribution in [0.25, 0.3) is 0 Å². The van der Waals surface area contributed by atoms with E-state index < -0.39 is 0 Å². The fourth-order valence-corrected chi connectivity index (χ4v) is 0.855. The molecule has 0 aromatic heterocycles. The first-order chi connectivity index (χ1) is 6.15. The highest BCUT2D eigenvalue weighted by molar-refractivity contribution is 5.60. The first-order valence-electron chi connectivity index (χ1n) is 3.35. The van der Waals surface area contributed by atoms with Gasteiger partial charge in [0.25, 0.3) is 6.26 Å². The van der Waals surface area contributed by atoms with Crippen LogP contribution in [-0.2, 0) is 0 Å². The predicted molar refractivity (Wildman–Crippen MR) is 41.3 cm³/mol. The number of quaternary nitrogens is 1. The van der Waals surface area contributed by atoms with E-state index in [1.807, 2.05) is 0 Å². The molecule has 0 fully saturated rings. The summed E-state index contributed by atoms with van der Waals surface area (Å²) in [6, 6.07) is 4.37. The second-order valence-corrected chi connectivity index (χ2v) is 2.28. The highest BCUT2D eigenvalue weighted by Crippen LogP contribution is 2.27. The van der Waals surface area contributed by atoms with Crippen molar-refractivity contribution in [3.05, 3.63) is 18.2 Å². The molecular weight excluding hydrogens is 174 g/mol. The molecule has 6 nitrogen and oxygen atoms in total. The lowest BCUT2D eigenvalue weighted by Gasteiger charge is -2.10. The first kappa shape index (κ1) is 9.28. The molecule has 0 heterocycles. The van der Waals surface area contributed by atoms with E-state index in [1.165, 1.54) is 18.4 Å². The summed E-state index contributed by atoms with van der Waals surface area (Å²) < 4.78 is 4.47. The summed E-state index contributed by atoms with van der Waals surface area (Å²) in [7, 11) is 0. The number of hydrogen-bond acceptors (Lipinski definition) is 5. The van der Waals surface area contributed by atoms with Crippen molar-refractivity contribution in [1.82, 2.24) is 0 Å². The summed E-state index contributed by atoms with van der Waals surface area (Å²) in [5, 5.41) is 25.6. The number of hydrogen-bond donors (Lipinski definition) is 3. The molecule has 1 aromatic rings. The van der Waals surface area contributed by atoms with E-state index in [4.69, 9.17) is 15.7 Å². The van der Waals surface area contributed by atoms with Gasteiger partial charge in [-0.2, -0.15) is 0 Å². The summed E-state index contributed by atoms with van der Waals surface area (Å²) in [6.45, 7) is 0. The van der Waals surface area contributed by atoms with Gasteiger partial charge in [0.2, 0.25) is 0 Å². The first-order valence-corrected chi connectivity index (χ1v) is 3.35. The van der Waals surface area contributed by atoms with Crippen LogP contribution in [0.2, 0.25) is 0 Å². The van der Waals surface area contributed by atoms with Crippen LogP contribution < -0.4 is 15.7 Å². The smallest absolute Gasteiger partial charge is 0.292 e. The molecule has 1 aromatic carbocycles. The third-order valence-corrected chi connectivity index (χ3v) is 1.39. The lowest BCUT2D eigenvalue weighted by atomic mass is 10.2. The zero-order valence-electron chi connectivity index (χ0n) is 6.64. The highest BCUT2D eigenvalue weighted by Gasteiger charge is 2.10. The molecule has 0 atom stereocenters. The Morgan fingerprint density at radius 3 is 2.69 bits per heavy atom. The maximum Gasteiger partial charge on any atom is 0.292 e. The number of rotatable bonds is 2. The third-order valence-electron chi connectivity index (χ3n) is 1.39. The van der Waals surface area contributed by atoms with Crippen LogP contribution in [0.4, 0.5) is 11.4 Å². The van der Waals surface area contributed by atoms with Crippen LogP contribution in [-0.4, -0.2) is 10.4 Å². The van der Waals surface area contributed by atoms with Crippen molar-refractivity contribution in [2.75, 3.05) is 5.23 Å². The minimum atomic E-state index is -0.124. The fourth-order valence-electron chi connectivity index (χ4n) is 0.855. The molecule has 0 unspecified atom stereocenters. The van der Waals surface area contributed by atoms with E-state index in [-0.39, 0.29) is 16.7 Å². The SMILES string of the molecule is N#COc1ccc([NH3+])cc1N(O)O. The second-order valence-electron chi connectivity index (χ2n) is 2.28. The summed E-state index contributed by atoms with van der Waals surface area (Å²) in [4.78, 5) is 0. The largest absolute Gasteiger partial charge is 0.386 e. The van der Waals surface area contributed by atoms with E-state index in [0.29, 0.717) is 5.69 Å². The molecule has 6 heteroatoms. The quantitative estimate of drug-likeness (QED) is 0.441. The normalized spacial score (nSPS) is 9.08. The summed E-state index contributed by atoms with van der Waals surface area (Å²) in [5.74, 6) is 0.0555. The second kappa shape index (κ2) is 3.73. The van der Waals surface area contributed by atoms with E-state index in [0.717, 1.165) is 0 Å². The third kappa shape index (κ3) is 2.07. The Bertz CT molecular complexity index is 345. The van der Waals surface area contributed by atoms with Crippen LogP contribution in [0.15, 0.2) is 18.2 Å². The predicted octanol–water partition coefficient (Wildman–Crippen LogP) is 0.00468. The van der Waals surface area contributed by atoms with Crippen LogP contribution in [0.3, 0.4) is 0 Å². The minimum Gasteiger partial charge on any atom is -0.386 e. The Morgan fingerprint density at radius 2 is 2.15 bits per heavy atom. The van der Waals surface area contributed by atoms with Gasteiger partial charge in [0, 0.05) is 12.1 Å². The summed E-state index contributed by atoms with van der Waals surface area (Å²) in [5.41, 5.74) is 4.12. The van der Waals surface area contributed by atoms with Crippen molar-refractivity contribution in [1.29, 1.82) is 5.26 Å². The van der Waals surface area contributed by atoms with Gasteiger partial charge in [0.05, 0.1) is 0 Å². The molecular formula is C7H8N3O3+. The van der Waals surface area contributed by atoms with E-state index >= 15 is 0 Å². The molecule has 0 aliphatic rings. The van der Waals surface area contributed by atoms with Gasteiger partial charge in [-0.15, -0.1) is 10.5 Å². The van der Waals surface area contributed by atoms with Crippen LogP contribution in [0, 0.1) is 11.5 Å². The van der Waals surface area contributed by atoms with Gasteiger partial charge in [0.1, 0.15) is 11.4 Å². The van der Waals surface area contributed by atoms with Crippen LogP contribution in [0.5, 0.6) is 5.75 Å². The monoisotopic (exact) mass is 182 g/mol. The van der Waals surface area contributed by atoms with Crippen molar-refractivity contribution in [3.63, 3.8) is 0 Å². The molecule has 68 valence electrons. The summed E-state index contributed by atoms with van der Waals surface area (Å²) >= 11 is 0. The molecule has 0 bridgehead atoms. The van der Waals surface area contributed by atoms with Gasteiger partial charge in [0.15, 0.2) is 5.75 Å². The Kier molecular flexibility index (Phi) is 2.66. The molecule has 0 saturated heterocycles. The Morgan fingerprint density at radius 1 is 1.46 bits per heavy atom. The molecule has 0 aliphatic carbocycles. The number of benzene rings is 1. The molecule has 0 saturated carbocycles. The average Bonchev–Trinajstić information content (AvgIpc) is 2.08. The fraction of sp³-hybridized carbons (Fsp3) is 0. The highest BCUT2D eigenvalue weighted by atomic mass is 16.8. The zero-order chi connectivity index (χ0) is 9.84. The van der Waals surface area contributed by atoms with E-state index in [9.17, 15) is 0 Å². The maximum absolute atomic E-state index is 8.73. The summed E-state index contributed by atoms with van der Waals surface area (Å²) in [6.07, 6.45) is 1.43. The Balaban J connectivity index is 3.12. The number of ether oxygens (including phenoxy) is 1. The van der Waals surface area contributed by atoms with Gasteiger partial charge in [-0.3, -0.25) is 10.4 Å². The number of anilines is 1. The van der Waals surface area contributed by atoms with Crippen LogP contribution >= 0.6 is 0 Å². The zero-order valence-corrected chi connectivity index (χ0v) is 6.64. The number of nitriles is 1. The van der Waals surface area contributed by atoms with E-state index in [1.54, 1.807) is 6.07 Å². The van der Waals surface area contributed by atoms with Crippen LogP contribution in [0.1, 0.15) is 0 Å². The number of nitrogens with zero attached hydrogens (tertiary/aromatic N) is 2. The standard InChI is InChI=1S/C7H7N3O3/c8-4-13-7-2-1-5(9)3-6(7)10(11)12/h1-3,11-12H,9H2/p+1. The van der Waals surface area contributed by atoms with Gasteiger partial charge >= 0.3 is 0 Å². The van der Waals surface area contributed by atoms with Gasteiger partial charge in [-0.1, -0.05) is 0 Å². The van der Waals surface area contributed by atoms with Gasteiger partial charge in [-0.25, -0.2) is 0 Å². The van der Waals surface area contributed by atoms with E-state index in [2.05, 4.69) is 10.5 Å². The van der Waals surface area contributed by atoms with Crippen molar-refractivity contribution in [2.24, 2.45) is 0 Å². The molecule has 0 spiro atoms. The Hall–Kier alpha value is -1.81. The van der Waals surface area contributed by atoms with Gasteiger partial charge in [-0.05, 0) is 6.07 Å².